The number of nitrogens with two attached hydrogens (primary N) is 1. The van der Waals surface area contributed by atoms with Crippen LogP contribution in [0.3, 0.4) is 0 Å². The first kappa shape index (κ1) is 13.1. The number of hydrogen-bond acceptors (Lipinski definition) is 4. The van der Waals surface area contributed by atoms with E-state index in [4.69, 9.17) is 15.2 Å². The van der Waals surface area contributed by atoms with Crippen LogP contribution in [0.2, 0.25) is 0 Å². The molecule has 2 rings (SSSR count). The van der Waals surface area contributed by atoms with Gasteiger partial charge in [0.15, 0.2) is 5.78 Å². The number of Topliss-reactive ketones (excluding diaryl/α,β-unsaturated/α-hetero) is 1. The molecule has 18 heavy (non-hydrogen) atoms. The van der Waals surface area contributed by atoms with Gasteiger partial charge in [0.1, 0.15) is 5.75 Å². The third-order valence-corrected chi connectivity index (χ3v) is 2.92. The molecule has 0 spiro atoms. The molecule has 1 aliphatic rings. The van der Waals surface area contributed by atoms with E-state index in [0.29, 0.717) is 24.7 Å². The van der Waals surface area contributed by atoms with Crippen molar-refractivity contribution in [3.05, 3.63) is 29.8 Å². The molecule has 0 heterocycles. The Morgan fingerprint density at radius 3 is 2.94 bits per heavy atom. The molecule has 1 saturated carbocycles. The van der Waals surface area contributed by atoms with Crippen LogP contribution in [0.4, 0.5) is 0 Å². The van der Waals surface area contributed by atoms with Crippen molar-refractivity contribution in [1.29, 1.82) is 0 Å². The maximum atomic E-state index is 12.1. The molecular weight excluding hydrogens is 230 g/mol. The molecule has 0 bridgehead atoms. The van der Waals surface area contributed by atoms with Crippen molar-refractivity contribution in [2.75, 3.05) is 13.7 Å². The number of carbonyl (C=O) groups excluding carboxylic acids is 1. The SMILES string of the molecule is COCCC(N)C(=O)c1cccc(OC2CC2)c1. The van der Waals surface area contributed by atoms with Gasteiger partial charge in [-0.2, -0.15) is 0 Å². The maximum Gasteiger partial charge on any atom is 0.179 e. The molecule has 2 N–H and O–H groups in total. The first-order valence-electron chi connectivity index (χ1n) is 6.26. The molecule has 4 heteroatoms. The Labute approximate surface area is 107 Å². The van der Waals surface area contributed by atoms with E-state index in [1.165, 1.54) is 0 Å². The van der Waals surface area contributed by atoms with E-state index < -0.39 is 6.04 Å². The summed E-state index contributed by atoms with van der Waals surface area (Å²) in [6.07, 6.45) is 3.07. The van der Waals surface area contributed by atoms with Crippen LogP contribution in [0.1, 0.15) is 29.6 Å². The number of carbonyl (C=O) groups is 1. The Morgan fingerprint density at radius 2 is 2.28 bits per heavy atom. The summed E-state index contributed by atoms with van der Waals surface area (Å²) in [6, 6.07) is 6.73. The lowest BCUT2D eigenvalue weighted by molar-refractivity contribution is 0.0935. The van der Waals surface area contributed by atoms with Crippen LogP contribution in [-0.2, 0) is 4.74 Å². The lowest BCUT2D eigenvalue weighted by Gasteiger charge is -2.11. The van der Waals surface area contributed by atoms with Gasteiger partial charge < -0.3 is 15.2 Å². The highest BCUT2D eigenvalue weighted by atomic mass is 16.5. The molecule has 0 aromatic heterocycles. The van der Waals surface area contributed by atoms with Gasteiger partial charge in [0.2, 0.25) is 0 Å². The molecule has 4 nitrogen and oxygen atoms in total. The van der Waals surface area contributed by atoms with Crippen molar-refractivity contribution in [3.63, 3.8) is 0 Å². The topological polar surface area (TPSA) is 61.5 Å². The van der Waals surface area contributed by atoms with Crippen LogP contribution in [0.5, 0.6) is 5.75 Å². The van der Waals surface area contributed by atoms with Gasteiger partial charge in [-0.05, 0) is 31.4 Å². The number of methoxy groups -OCH3 is 1. The Hall–Kier alpha value is -1.39. The highest BCUT2D eigenvalue weighted by Crippen LogP contribution is 2.27. The first-order valence-corrected chi connectivity index (χ1v) is 6.26. The normalized spacial score (nSPS) is 16.3. The Balaban J connectivity index is 1.99. The van der Waals surface area contributed by atoms with Crippen LogP contribution < -0.4 is 10.5 Å². The summed E-state index contributed by atoms with van der Waals surface area (Å²) in [5, 5.41) is 0. The van der Waals surface area contributed by atoms with Crippen molar-refractivity contribution in [1.82, 2.24) is 0 Å². The summed E-state index contributed by atoms with van der Waals surface area (Å²) in [7, 11) is 1.60. The average molecular weight is 249 g/mol. The number of benzene rings is 1. The molecule has 0 aliphatic heterocycles. The minimum atomic E-state index is -0.513. The standard InChI is InChI=1S/C14H19NO3/c1-17-8-7-13(15)14(16)10-3-2-4-12(9-10)18-11-5-6-11/h2-4,9,11,13H,5-8,15H2,1H3. The van der Waals surface area contributed by atoms with Gasteiger partial charge >= 0.3 is 0 Å². The van der Waals surface area contributed by atoms with E-state index in [9.17, 15) is 4.79 Å². The van der Waals surface area contributed by atoms with E-state index in [2.05, 4.69) is 0 Å². The second-order valence-corrected chi connectivity index (χ2v) is 4.60. The summed E-state index contributed by atoms with van der Waals surface area (Å²) >= 11 is 0. The zero-order valence-electron chi connectivity index (χ0n) is 10.6. The van der Waals surface area contributed by atoms with Crippen LogP contribution in [0, 0.1) is 0 Å². The Bertz CT molecular complexity index is 415. The van der Waals surface area contributed by atoms with E-state index in [1.54, 1.807) is 19.2 Å². The van der Waals surface area contributed by atoms with Crippen LogP contribution in [-0.4, -0.2) is 31.6 Å². The summed E-state index contributed by atoms with van der Waals surface area (Å²) in [5.41, 5.74) is 6.44. The lowest BCUT2D eigenvalue weighted by Crippen LogP contribution is -2.31. The molecule has 98 valence electrons. The maximum absolute atomic E-state index is 12.1. The molecule has 1 fully saturated rings. The van der Waals surface area contributed by atoms with Gasteiger partial charge in [-0.3, -0.25) is 4.79 Å². The van der Waals surface area contributed by atoms with Crippen LogP contribution >= 0.6 is 0 Å². The average Bonchev–Trinajstić information content (AvgIpc) is 3.19. The molecule has 1 atom stereocenters. The van der Waals surface area contributed by atoms with Crippen molar-refractivity contribution in [2.45, 2.75) is 31.4 Å². The molecule has 0 saturated heterocycles. The van der Waals surface area contributed by atoms with Gasteiger partial charge in [0.05, 0.1) is 12.1 Å². The largest absolute Gasteiger partial charge is 0.490 e. The third-order valence-electron chi connectivity index (χ3n) is 2.92. The second kappa shape index (κ2) is 5.98. The molecule has 1 unspecified atom stereocenters. The fraction of sp³-hybridized carbons (Fsp3) is 0.500. The monoisotopic (exact) mass is 249 g/mol. The van der Waals surface area contributed by atoms with E-state index >= 15 is 0 Å². The lowest BCUT2D eigenvalue weighted by atomic mass is 10.0. The van der Waals surface area contributed by atoms with Gasteiger partial charge in [0.25, 0.3) is 0 Å². The number of rotatable bonds is 7. The van der Waals surface area contributed by atoms with Crippen molar-refractivity contribution in [3.8, 4) is 5.75 Å². The first-order chi connectivity index (χ1) is 8.70. The van der Waals surface area contributed by atoms with Crippen molar-refractivity contribution >= 4 is 5.78 Å². The molecule has 1 aromatic carbocycles. The van der Waals surface area contributed by atoms with E-state index in [-0.39, 0.29) is 5.78 Å². The summed E-state index contributed by atoms with van der Waals surface area (Å²) < 4.78 is 10.6. The van der Waals surface area contributed by atoms with E-state index in [1.807, 2.05) is 12.1 Å². The van der Waals surface area contributed by atoms with Crippen molar-refractivity contribution < 1.29 is 14.3 Å². The number of hydrogen-bond donors (Lipinski definition) is 1. The summed E-state index contributed by atoms with van der Waals surface area (Å²) in [4.78, 5) is 12.1. The predicted octanol–water partition coefficient (Wildman–Crippen LogP) is 1.77. The van der Waals surface area contributed by atoms with Crippen LogP contribution in [0.25, 0.3) is 0 Å². The van der Waals surface area contributed by atoms with Gasteiger partial charge in [-0.15, -0.1) is 0 Å². The van der Waals surface area contributed by atoms with Gasteiger partial charge in [0, 0.05) is 19.3 Å². The fourth-order valence-corrected chi connectivity index (χ4v) is 1.69. The Morgan fingerprint density at radius 1 is 1.50 bits per heavy atom. The molecule has 1 aromatic rings. The number of ether oxygens (including phenoxy) is 2. The van der Waals surface area contributed by atoms with E-state index in [0.717, 1.165) is 18.6 Å². The molecular formula is C14H19NO3. The highest BCUT2D eigenvalue weighted by molar-refractivity contribution is 6.00. The quantitative estimate of drug-likeness (QED) is 0.748. The molecule has 0 radical (unpaired) electrons. The predicted molar refractivity (Wildman–Crippen MR) is 68.9 cm³/mol. The molecule has 1 aliphatic carbocycles. The third kappa shape index (κ3) is 3.55. The van der Waals surface area contributed by atoms with Gasteiger partial charge in [-0.1, -0.05) is 12.1 Å². The smallest absolute Gasteiger partial charge is 0.179 e. The van der Waals surface area contributed by atoms with Crippen molar-refractivity contribution in [2.24, 2.45) is 5.73 Å². The Kier molecular flexibility index (Phi) is 4.33. The molecule has 0 amide bonds. The highest BCUT2D eigenvalue weighted by Gasteiger charge is 2.24. The zero-order chi connectivity index (χ0) is 13.0. The number of ketones is 1. The summed E-state index contributed by atoms with van der Waals surface area (Å²) in [5.74, 6) is 0.690. The van der Waals surface area contributed by atoms with Crippen LogP contribution in [0.15, 0.2) is 24.3 Å². The minimum absolute atomic E-state index is 0.0618. The summed E-state index contributed by atoms with van der Waals surface area (Å²) in [6.45, 7) is 0.491. The second-order valence-electron chi connectivity index (χ2n) is 4.60. The minimum Gasteiger partial charge on any atom is -0.490 e. The zero-order valence-corrected chi connectivity index (χ0v) is 10.6. The van der Waals surface area contributed by atoms with Gasteiger partial charge in [-0.25, -0.2) is 0 Å². The fourth-order valence-electron chi connectivity index (χ4n) is 1.69.